The molecule has 0 amide bonds. The Bertz CT molecular complexity index is 619. The normalized spacial score (nSPS) is 20.9. The zero-order chi connectivity index (χ0) is 11.7. The number of nitriles is 1. The number of allylic oxidation sites excluding steroid dienone is 1. The van der Waals surface area contributed by atoms with Crippen LogP contribution < -0.4 is 0 Å². The molecule has 0 unspecified atom stereocenters. The van der Waals surface area contributed by atoms with Crippen molar-refractivity contribution in [2.45, 2.75) is 5.41 Å². The third kappa shape index (κ3) is 1.31. The fourth-order valence-corrected chi connectivity index (χ4v) is 2.42. The van der Waals surface area contributed by atoms with Gasteiger partial charge in [-0.25, -0.2) is 0 Å². The first kappa shape index (κ1) is 9.86. The summed E-state index contributed by atoms with van der Waals surface area (Å²) in [7, 11) is 0. The highest BCUT2D eigenvalue weighted by molar-refractivity contribution is 5.71. The SMILES string of the molecule is N#C[C@]1(c2ccccc2)C=Cc2ccccc21. The number of fused-ring (bicyclic) bond motifs is 1. The van der Waals surface area contributed by atoms with Crippen LogP contribution in [0.4, 0.5) is 0 Å². The molecule has 1 nitrogen and oxygen atoms in total. The number of benzene rings is 2. The molecule has 0 spiro atoms. The Kier molecular flexibility index (Phi) is 2.09. The van der Waals surface area contributed by atoms with Crippen molar-refractivity contribution in [1.29, 1.82) is 5.26 Å². The van der Waals surface area contributed by atoms with Crippen LogP contribution in [0.5, 0.6) is 0 Å². The maximum Gasteiger partial charge on any atom is 0.126 e. The summed E-state index contributed by atoms with van der Waals surface area (Å²) in [5.41, 5.74) is 2.63. The first-order valence-corrected chi connectivity index (χ1v) is 5.62. The van der Waals surface area contributed by atoms with Gasteiger partial charge in [0.15, 0.2) is 0 Å². The predicted molar refractivity (Wildman–Crippen MR) is 68.3 cm³/mol. The summed E-state index contributed by atoms with van der Waals surface area (Å²) in [6.07, 6.45) is 4.03. The summed E-state index contributed by atoms with van der Waals surface area (Å²) in [5.74, 6) is 0. The highest BCUT2D eigenvalue weighted by Gasteiger charge is 2.36. The molecular formula is C16H11N. The lowest BCUT2D eigenvalue weighted by Crippen LogP contribution is -2.20. The van der Waals surface area contributed by atoms with E-state index in [1.807, 2.05) is 66.7 Å². The van der Waals surface area contributed by atoms with Gasteiger partial charge in [-0.05, 0) is 16.7 Å². The second-order valence-electron chi connectivity index (χ2n) is 4.21. The topological polar surface area (TPSA) is 23.8 Å². The van der Waals surface area contributed by atoms with E-state index in [1.54, 1.807) is 0 Å². The van der Waals surface area contributed by atoms with Gasteiger partial charge in [-0.3, -0.25) is 0 Å². The van der Waals surface area contributed by atoms with Crippen molar-refractivity contribution >= 4 is 6.08 Å². The number of hydrogen-bond acceptors (Lipinski definition) is 1. The van der Waals surface area contributed by atoms with Gasteiger partial charge in [-0.1, -0.05) is 66.7 Å². The van der Waals surface area contributed by atoms with Crippen LogP contribution in [-0.2, 0) is 5.41 Å². The maximum absolute atomic E-state index is 9.62. The molecule has 2 aromatic rings. The predicted octanol–water partition coefficient (Wildman–Crippen LogP) is 3.52. The van der Waals surface area contributed by atoms with E-state index in [-0.39, 0.29) is 0 Å². The van der Waals surface area contributed by atoms with Gasteiger partial charge in [-0.2, -0.15) is 5.26 Å². The van der Waals surface area contributed by atoms with E-state index in [1.165, 1.54) is 0 Å². The van der Waals surface area contributed by atoms with Crippen molar-refractivity contribution in [3.63, 3.8) is 0 Å². The molecule has 0 saturated carbocycles. The zero-order valence-electron chi connectivity index (χ0n) is 9.30. The number of nitrogens with zero attached hydrogens (tertiary/aromatic N) is 1. The first-order chi connectivity index (χ1) is 8.37. The van der Waals surface area contributed by atoms with Crippen molar-refractivity contribution in [2.24, 2.45) is 0 Å². The lowest BCUT2D eigenvalue weighted by Gasteiger charge is -2.21. The summed E-state index contributed by atoms with van der Waals surface area (Å²) in [4.78, 5) is 0. The highest BCUT2D eigenvalue weighted by Crippen LogP contribution is 2.40. The summed E-state index contributed by atoms with van der Waals surface area (Å²) >= 11 is 0. The van der Waals surface area contributed by atoms with Gasteiger partial charge in [0, 0.05) is 0 Å². The van der Waals surface area contributed by atoms with Crippen molar-refractivity contribution < 1.29 is 0 Å². The molecule has 0 bridgehead atoms. The first-order valence-electron chi connectivity index (χ1n) is 5.62. The Morgan fingerprint density at radius 3 is 2.35 bits per heavy atom. The van der Waals surface area contributed by atoms with Gasteiger partial charge in [-0.15, -0.1) is 0 Å². The van der Waals surface area contributed by atoms with Crippen LogP contribution in [0.25, 0.3) is 6.08 Å². The Labute approximate surface area is 101 Å². The van der Waals surface area contributed by atoms with Crippen LogP contribution in [-0.4, -0.2) is 0 Å². The van der Waals surface area contributed by atoms with Crippen LogP contribution in [0.2, 0.25) is 0 Å². The van der Waals surface area contributed by atoms with Crippen LogP contribution >= 0.6 is 0 Å². The van der Waals surface area contributed by atoms with Crippen molar-refractivity contribution in [2.75, 3.05) is 0 Å². The Balaban J connectivity index is 2.27. The smallest absolute Gasteiger partial charge is 0.126 e. The van der Waals surface area contributed by atoms with Crippen molar-refractivity contribution in [3.8, 4) is 6.07 Å². The summed E-state index contributed by atoms with van der Waals surface area (Å²) < 4.78 is 0. The van der Waals surface area contributed by atoms with Gasteiger partial charge < -0.3 is 0 Å². The molecule has 1 atom stereocenters. The molecule has 80 valence electrons. The van der Waals surface area contributed by atoms with E-state index in [4.69, 9.17) is 0 Å². The monoisotopic (exact) mass is 217 g/mol. The summed E-state index contributed by atoms with van der Waals surface area (Å²) in [6, 6.07) is 20.5. The molecule has 1 aliphatic rings. The lowest BCUT2D eigenvalue weighted by atomic mass is 9.78. The van der Waals surface area contributed by atoms with Crippen LogP contribution in [0.1, 0.15) is 16.7 Å². The molecule has 0 radical (unpaired) electrons. The van der Waals surface area contributed by atoms with Crippen molar-refractivity contribution in [3.05, 3.63) is 77.4 Å². The third-order valence-electron chi connectivity index (χ3n) is 3.30. The Hall–Kier alpha value is -2.33. The second kappa shape index (κ2) is 3.61. The van der Waals surface area contributed by atoms with Gasteiger partial charge in [0.05, 0.1) is 6.07 Å². The van der Waals surface area contributed by atoms with E-state index in [0.29, 0.717) is 0 Å². The van der Waals surface area contributed by atoms with Gasteiger partial charge in [0.1, 0.15) is 5.41 Å². The lowest BCUT2D eigenvalue weighted by molar-refractivity contribution is 0.849. The fourth-order valence-electron chi connectivity index (χ4n) is 2.42. The van der Waals surface area contributed by atoms with E-state index < -0.39 is 5.41 Å². The maximum atomic E-state index is 9.62. The van der Waals surface area contributed by atoms with E-state index in [9.17, 15) is 5.26 Å². The van der Waals surface area contributed by atoms with Gasteiger partial charge in [0.2, 0.25) is 0 Å². The molecule has 1 aliphatic carbocycles. The molecule has 0 fully saturated rings. The Morgan fingerprint density at radius 1 is 0.882 bits per heavy atom. The average molecular weight is 217 g/mol. The van der Waals surface area contributed by atoms with E-state index in [2.05, 4.69) is 6.07 Å². The Morgan fingerprint density at radius 2 is 1.59 bits per heavy atom. The number of hydrogen-bond donors (Lipinski definition) is 0. The minimum atomic E-state index is -0.613. The molecule has 1 heteroatoms. The zero-order valence-corrected chi connectivity index (χ0v) is 9.30. The van der Waals surface area contributed by atoms with Crippen LogP contribution in [0, 0.1) is 11.3 Å². The largest absolute Gasteiger partial charge is 0.197 e. The summed E-state index contributed by atoms with van der Waals surface area (Å²) in [6.45, 7) is 0. The highest BCUT2D eigenvalue weighted by atomic mass is 14.4. The van der Waals surface area contributed by atoms with Crippen LogP contribution in [0.15, 0.2) is 60.7 Å². The molecule has 0 N–H and O–H groups in total. The molecule has 2 aromatic carbocycles. The quantitative estimate of drug-likeness (QED) is 0.717. The third-order valence-corrected chi connectivity index (χ3v) is 3.30. The summed E-state index contributed by atoms with van der Waals surface area (Å²) in [5, 5.41) is 9.62. The molecule has 17 heavy (non-hydrogen) atoms. The fraction of sp³-hybridized carbons (Fsp3) is 0.0625. The van der Waals surface area contributed by atoms with Gasteiger partial charge in [0.25, 0.3) is 0 Å². The second-order valence-corrected chi connectivity index (χ2v) is 4.21. The minimum Gasteiger partial charge on any atom is -0.197 e. The van der Waals surface area contributed by atoms with E-state index >= 15 is 0 Å². The molecule has 3 rings (SSSR count). The molecular weight excluding hydrogens is 206 g/mol. The van der Waals surface area contributed by atoms with Gasteiger partial charge >= 0.3 is 0 Å². The molecule has 0 aromatic heterocycles. The van der Waals surface area contributed by atoms with Crippen molar-refractivity contribution in [1.82, 2.24) is 0 Å². The molecule has 0 heterocycles. The standard InChI is InChI=1S/C16H11N/c17-12-16(14-7-2-1-3-8-14)11-10-13-6-4-5-9-15(13)16/h1-11H/t16-/m0/s1. The molecule has 0 aliphatic heterocycles. The van der Waals surface area contributed by atoms with Crippen LogP contribution in [0.3, 0.4) is 0 Å². The molecule has 0 saturated heterocycles. The minimum absolute atomic E-state index is 0.613. The van der Waals surface area contributed by atoms with E-state index in [0.717, 1.165) is 16.7 Å². The average Bonchev–Trinajstić information content (AvgIpc) is 2.80. The number of rotatable bonds is 1.